The number of nitrogens with two attached hydrogens (primary N) is 1. The molecule has 0 aliphatic heterocycles. The zero-order chi connectivity index (χ0) is 12.4. The molecule has 2 aromatic rings. The molecule has 2 heterocycles. The zero-order valence-electron chi connectivity index (χ0n) is 9.96. The van der Waals surface area contributed by atoms with Crippen LogP contribution in [0, 0.1) is 6.92 Å². The zero-order valence-corrected chi connectivity index (χ0v) is 9.96. The first kappa shape index (κ1) is 11.6. The van der Waals surface area contributed by atoms with Crippen LogP contribution in [0.15, 0.2) is 24.8 Å². The number of aromatic nitrogens is 3. The summed E-state index contributed by atoms with van der Waals surface area (Å²) in [5.41, 5.74) is 8.11. The van der Waals surface area contributed by atoms with Crippen LogP contribution in [0.25, 0.3) is 0 Å². The maximum atomic E-state index is 10.3. The topological polar surface area (TPSA) is 77.0 Å². The van der Waals surface area contributed by atoms with Crippen LogP contribution in [0.4, 0.5) is 5.82 Å². The fraction of sp³-hybridized carbons (Fsp3) is 0.333. The van der Waals surface area contributed by atoms with Crippen molar-refractivity contribution in [1.29, 1.82) is 0 Å². The summed E-state index contributed by atoms with van der Waals surface area (Å²) in [5, 5.41) is 10.3. The number of aliphatic hydroxyl groups is 1. The Hall–Kier alpha value is -1.88. The van der Waals surface area contributed by atoms with E-state index >= 15 is 0 Å². The molecule has 0 aliphatic carbocycles. The first-order valence-electron chi connectivity index (χ1n) is 5.53. The molecule has 0 spiro atoms. The molecule has 1 atom stereocenters. The van der Waals surface area contributed by atoms with Crippen molar-refractivity contribution >= 4 is 5.82 Å². The molecule has 17 heavy (non-hydrogen) atoms. The number of hydrogen-bond donors (Lipinski definition) is 2. The minimum Gasteiger partial charge on any atom is -0.383 e. The lowest BCUT2D eigenvalue weighted by Gasteiger charge is -2.14. The molecule has 0 saturated carbocycles. The number of anilines is 1. The summed E-state index contributed by atoms with van der Waals surface area (Å²) in [5.74, 6) is 0.354. The second-order valence-corrected chi connectivity index (χ2v) is 3.99. The third kappa shape index (κ3) is 2.14. The van der Waals surface area contributed by atoms with Crippen molar-refractivity contribution in [1.82, 2.24) is 14.5 Å². The van der Waals surface area contributed by atoms with Crippen LogP contribution < -0.4 is 5.73 Å². The molecule has 5 heteroatoms. The van der Waals surface area contributed by atoms with Crippen molar-refractivity contribution in [3.63, 3.8) is 0 Å². The van der Waals surface area contributed by atoms with E-state index in [4.69, 9.17) is 5.73 Å². The molecular formula is C12H16N4O. The lowest BCUT2D eigenvalue weighted by molar-refractivity contribution is 0.210. The summed E-state index contributed by atoms with van der Waals surface area (Å²) in [6, 6.07) is 1.85. The molecule has 0 bridgehead atoms. The predicted molar refractivity (Wildman–Crippen MR) is 65.3 cm³/mol. The number of rotatable bonds is 3. The van der Waals surface area contributed by atoms with E-state index in [0.29, 0.717) is 11.4 Å². The van der Waals surface area contributed by atoms with Gasteiger partial charge in [0, 0.05) is 18.3 Å². The lowest BCUT2D eigenvalue weighted by atomic mass is 10.1. The molecule has 0 saturated heterocycles. The van der Waals surface area contributed by atoms with Gasteiger partial charge in [-0.05, 0) is 25.5 Å². The van der Waals surface area contributed by atoms with Crippen LogP contribution >= 0.6 is 0 Å². The largest absolute Gasteiger partial charge is 0.383 e. The summed E-state index contributed by atoms with van der Waals surface area (Å²) >= 11 is 0. The second-order valence-electron chi connectivity index (χ2n) is 3.99. The van der Waals surface area contributed by atoms with E-state index in [2.05, 4.69) is 9.97 Å². The Labute approximate surface area is 99.9 Å². The Morgan fingerprint density at radius 3 is 2.94 bits per heavy atom. The number of hydrogen-bond acceptors (Lipinski definition) is 4. The first-order valence-corrected chi connectivity index (χ1v) is 5.53. The van der Waals surface area contributed by atoms with Crippen LogP contribution in [-0.2, 0) is 6.54 Å². The standard InChI is InChI=1S/C12H16N4O/c1-3-16-7-14-6-10(16)11(17)9-4-8(2)5-15-12(9)13/h4-7,11,17H,3H2,1-2H3,(H2,13,15). The Morgan fingerprint density at radius 2 is 2.24 bits per heavy atom. The highest BCUT2D eigenvalue weighted by Crippen LogP contribution is 2.25. The first-order chi connectivity index (χ1) is 8.13. The normalized spacial score (nSPS) is 12.6. The minimum absolute atomic E-state index is 0.354. The van der Waals surface area contributed by atoms with Gasteiger partial charge in [-0.3, -0.25) is 0 Å². The number of nitrogens with zero attached hydrogens (tertiary/aromatic N) is 3. The molecule has 0 amide bonds. The van der Waals surface area contributed by atoms with Crippen molar-refractivity contribution in [2.24, 2.45) is 0 Å². The molecule has 90 valence electrons. The summed E-state index contributed by atoms with van der Waals surface area (Å²) in [7, 11) is 0. The number of aryl methyl sites for hydroxylation is 2. The molecule has 0 fully saturated rings. The quantitative estimate of drug-likeness (QED) is 0.835. The monoisotopic (exact) mass is 232 g/mol. The van der Waals surface area contributed by atoms with Crippen molar-refractivity contribution in [2.45, 2.75) is 26.5 Å². The third-order valence-electron chi connectivity index (χ3n) is 2.75. The summed E-state index contributed by atoms with van der Waals surface area (Å²) in [6.45, 7) is 4.67. The van der Waals surface area contributed by atoms with Crippen molar-refractivity contribution in [3.8, 4) is 0 Å². The Kier molecular flexibility index (Phi) is 3.10. The van der Waals surface area contributed by atoms with E-state index in [1.54, 1.807) is 18.7 Å². The molecule has 0 aromatic carbocycles. The van der Waals surface area contributed by atoms with Gasteiger partial charge in [0.15, 0.2) is 0 Å². The SMILES string of the molecule is CCn1cncc1C(O)c1cc(C)cnc1N. The number of pyridine rings is 1. The van der Waals surface area contributed by atoms with Crippen LogP contribution in [0.3, 0.4) is 0 Å². The van der Waals surface area contributed by atoms with Gasteiger partial charge in [0.1, 0.15) is 11.9 Å². The van der Waals surface area contributed by atoms with Gasteiger partial charge in [0.05, 0.1) is 18.2 Å². The van der Waals surface area contributed by atoms with Gasteiger partial charge in [0.25, 0.3) is 0 Å². The maximum absolute atomic E-state index is 10.3. The van der Waals surface area contributed by atoms with E-state index < -0.39 is 6.10 Å². The lowest BCUT2D eigenvalue weighted by Crippen LogP contribution is -2.10. The molecule has 0 radical (unpaired) electrons. The van der Waals surface area contributed by atoms with Crippen LogP contribution in [0.5, 0.6) is 0 Å². The molecular weight excluding hydrogens is 216 g/mol. The highest BCUT2D eigenvalue weighted by atomic mass is 16.3. The fourth-order valence-corrected chi connectivity index (χ4v) is 1.80. The van der Waals surface area contributed by atoms with Crippen LogP contribution in [0.2, 0.25) is 0 Å². The third-order valence-corrected chi connectivity index (χ3v) is 2.75. The molecule has 0 aliphatic rings. The smallest absolute Gasteiger partial charge is 0.129 e. The Bertz CT molecular complexity index is 521. The average Bonchev–Trinajstić information content (AvgIpc) is 2.79. The molecule has 5 nitrogen and oxygen atoms in total. The average molecular weight is 232 g/mol. The van der Waals surface area contributed by atoms with Gasteiger partial charge in [0.2, 0.25) is 0 Å². The molecule has 2 aromatic heterocycles. The van der Waals surface area contributed by atoms with E-state index in [1.807, 2.05) is 24.5 Å². The maximum Gasteiger partial charge on any atom is 0.129 e. The number of imidazole rings is 1. The number of aliphatic hydroxyl groups excluding tert-OH is 1. The number of nitrogen functional groups attached to an aromatic ring is 1. The minimum atomic E-state index is -0.787. The summed E-state index contributed by atoms with van der Waals surface area (Å²) < 4.78 is 1.88. The van der Waals surface area contributed by atoms with Gasteiger partial charge in [-0.2, -0.15) is 0 Å². The van der Waals surface area contributed by atoms with Gasteiger partial charge >= 0.3 is 0 Å². The van der Waals surface area contributed by atoms with Gasteiger partial charge in [-0.25, -0.2) is 9.97 Å². The van der Waals surface area contributed by atoms with Crippen LogP contribution in [-0.4, -0.2) is 19.6 Å². The molecule has 3 N–H and O–H groups in total. The predicted octanol–water partition coefficient (Wildman–Crippen LogP) is 1.27. The van der Waals surface area contributed by atoms with Crippen molar-refractivity contribution in [3.05, 3.63) is 41.6 Å². The Morgan fingerprint density at radius 1 is 1.47 bits per heavy atom. The molecule has 1 unspecified atom stereocenters. The molecule has 2 rings (SSSR count). The summed E-state index contributed by atoms with van der Waals surface area (Å²) in [6.07, 6.45) is 4.24. The van der Waals surface area contributed by atoms with E-state index in [-0.39, 0.29) is 0 Å². The van der Waals surface area contributed by atoms with Gasteiger partial charge in [-0.15, -0.1) is 0 Å². The van der Waals surface area contributed by atoms with Crippen molar-refractivity contribution in [2.75, 3.05) is 5.73 Å². The fourth-order valence-electron chi connectivity index (χ4n) is 1.80. The van der Waals surface area contributed by atoms with Crippen molar-refractivity contribution < 1.29 is 5.11 Å². The highest BCUT2D eigenvalue weighted by molar-refractivity contribution is 5.44. The van der Waals surface area contributed by atoms with E-state index in [0.717, 1.165) is 17.8 Å². The Balaban J connectivity index is 2.43. The van der Waals surface area contributed by atoms with E-state index in [9.17, 15) is 5.11 Å². The second kappa shape index (κ2) is 4.55. The summed E-state index contributed by atoms with van der Waals surface area (Å²) in [4.78, 5) is 8.09. The van der Waals surface area contributed by atoms with E-state index in [1.165, 1.54) is 0 Å². The van der Waals surface area contributed by atoms with Crippen LogP contribution in [0.1, 0.15) is 29.8 Å². The highest BCUT2D eigenvalue weighted by Gasteiger charge is 2.18. The van der Waals surface area contributed by atoms with Gasteiger partial charge < -0.3 is 15.4 Å². The van der Waals surface area contributed by atoms with Gasteiger partial charge in [-0.1, -0.05) is 0 Å².